The van der Waals surface area contributed by atoms with Gasteiger partial charge < -0.3 is 10.4 Å². The number of carbonyl (C=O) groups excluding carboxylic acids is 1. The van der Waals surface area contributed by atoms with E-state index in [1.54, 1.807) is 0 Å². The third-order valence-corrected chi connectivity index (χ3v) is 3.39. The fraction of sp³-hybridized carbons (Fsp3) is 0.846. The van der Waals surface area contributed by atoms with Gasteiger partial charge in [-0.3, -0.25) is 9.59 Å². The summed E-state index contributed by atoms with van der Waals surface area (Å²) in [5.74, 6) is 0.0855. The molecule has 0 aliphatic heterocycles. The Morgan fingerprint density at radius 1 is 1.12 bits per heavy atom. The molecular weight excluding hydrogens is 218 g/mol. The normalized spacial score (nSPS) is 16.0. The number of carboxylic acid groups (broad SMARTS) is 1. The second-order valence-electron chi connectivity index (χ2n) is 4.89. The maximum absolute atomic E-state index is 11.4. The second kappa shape index (κ2) is 8.09. The molecule has 0 heterocycles. The van der Waals surface area contributed by atoms with Crippen molar-refractivity contribution < 1.29 is 14.7 Å². The standard InChI is InChI=1S/C13H23NO3/c15-12(7-3-4-8-13(16)17)14-10-9-11-5-1-2-6-11/h11H,1-10H2,(H,14,15)(H,16,17). The van der Waals surface area contributed by atoms with Crippen LogP contribution in [0.25, 0.3) is 0 Å². The summed E-state index contributed by atoms with van der Waals surface area (Å²) in [5.41, 5.74) is 0. The molecule has 1 aliphatic rings. The first kappa shape index (κ1) is 14.0. The Kier molecular flexibility index (Phi) is 6.67. The van der Waals surface area contributed by atoms with Crippen molar-refractivity contribution in [1.29, 1.82) is 0 Å². The van der Waals surface area contributed by atoms with E-state index in [2.05, 4.69) is 5.32 Å². The van der Waals surface area contributed by atoms with Crippen molar-refractivity contribution in [2.75, 3.05) is 6.54 Å². The van der Waals surface area contributed by atoms with Crippen LogP contribution in [0.3, 0.4) is 0 Å². The molecule has 0 aromatic carbocycles. The third-order valence-electron chi connectivity index (χ3n) is 3.39. The van der Waals surface area contributed by atoms with Gasteiger partial charge in [0.05, 0.1) is 0 Å². The Bertz CT molecular complexity index is 247. The van der Waals surface area contributed by atoms with Crippen LogP contribution in [-0.2, 0) is 9.59 Å². The van der Waals surface area contributed by atoms with Crippen molar-refractivity contribution in [2.45, 2.75) is 57.8 Å². The molecule has 1 rings (SSSR count). The molecule has 98 valence electrons. The maximum Gasteiger partial charge on any atom is 0.303 e. The van der Waals surface area contributed by atoms with Gasteiger partial charge in [0, 0.05) is 19.4 Å². The minimum Gasteiger partial charge on any atom is -0.481 e. The zero-order chi connectivity index (χ0) is 12.5. The zero-order valence-corrected chi connectivity index (χ0v) is 10.4. The van der Waals surface area contributed by atoms with Gasteiger partial charge in [-0.1, -0.05) is 25.7 Å². The minimum absolute atomic E-state index is 0.0633. The molecule has 0 radical (unpaired) electrons. The van der Waals surface area contributed by atoms with Crippen LogP contribution in [0.2, 0.25) is 0 Å². The van der Waals surface area contributed by atoms with Crippen LogP contribution in [-0.4, -0.2) is 23.5 Å². The number of carbonyl (C=O) groups is 2. The van der Waals surface area contributed by atoms with Crippen molar-refractivity contribution >= 4 is 11.9 Å². The van der Waals surface area contributed by atoms with E-state index >= 15 is 0 Å². The summed E-state index contributed by atoms with van der Waals surface area (Å²) in [6.45, 7) is 0.780. The molecule has 0 aromatic heterocycles. The van der Waals surface area contributed by atoms with Crippen molar-refractivity contribution in [2.24, 2.45) is 5.92 Å². The van der Waals surface area contributed by atoms with E-state index in [1.807, 2.05) is 0 Å². The Morgan fingerprint density at radius 2 is 1.76 bits per heavy atom. The van der Waals surface area contributed by atoms with Gasteiger partial charge in [0.2, 0.25) is 5.91 Å². The van der Waals surface area contributed by atoms with E-state index in [0.717, 1.165) is 18.9 Å². The summed E-state index contributed by atoms with van der Waals surface area (Å²) in [7, 11) is 0. The number of amides is 1. The monoisotopic (exact) mass is 241 g/mol. The van der Waals surface area contributed by atoms with E-state index in [-0.39, 0.29) is 12.3 Å². The fourth-order valence-electron chi connectivity index (χ4n) is 2.36. The highest BCUT2D eigenvalue weighted by molar-refractivity contribution is 5.75. The molecular formula is C13H23NO3. The highest BCUT2D eigenvalue weighted by Crippen LogP contribution is 2.26. The van der Waals surface area contributed by atoms with Crippen LogP contribution in [0.15, 0.2) is 0 Å². The fourth-order valence-corrected chi connectivity index (χ4v) is 2.36. The molecule has 1 saturated carbocycles. The summed E-state index contributed by atoms with van der Waals surface area (Å²) < 4.78 is 0. The lowest BCUT2D eigenvalue weighted by molar-refractivity contribution is -0.137. The Balaban J connectivity index is 1.91. The minimum atomic E-state index is -0.786. The van der Waals surface area contributed by atoms with Crippen LogP contribution in [0.5, 0.6) is 0 Å². The average Bonchev–Trinajstić information content (AvgIpc) is 2.77. The molecule has 0 unspecified atom stereocenters. The highest BCUT2D eigenvalue weighted by Gasteiger charge is 2.14. The Morgan fingerprint density at radius 3 is 2.41 bits per heavy atom. The quantitative estimate of drug-likeness (QED) is 0.641. The van der Waals surface area contributed by atoms with Crippen LogP contribution in [0, 0.1) is 5.92 Å². The molecule has 0 aromatic rings. The van der Waals surface area contributed by atoms with Gasteiger partial charge in [0.25, 0.3) is 0 Å². The van der Waals surface area contributed by atoms with Crippen LogP contribution in [0.4, 0.5) is 0 Å². The molecule has 2 N–H and O–H groups in total. The zero-order valence-electron chi connectivity index (χ0n) is 10.4. The van der Waals surface area contributed by atoms with E-state index in [9.17, 15) is 9.59 Å². The predicted octanol–water partition coefficient (Wildman–Crippen LogP) is 2.33. The molecule has 1 fully saturated rings. The van der Waals surface area contributed by atoms with Gasteiger partial charge in [-0.05, 0) is 25.2 Å². The van der Waals surface area contributed by atoms with Crippen molar-refractivity contribution in [1.82, 2.24) is 5.32 Å². The van der Waals surface area contributed by atoms with Crippen molar-refractivity contribution in [3.63, 3.8) is 0 Å². The number of hydrogen-bond donors (Lipinski definition) is 2. The number of unbranched alkanes of at least 4 members (excludes halogenated alkanes) is 1. The van der Waals surface area contributed by atoms with Gasteiger partial charge in [0.1, 0.15) is 0 Å². The summed E-state index contributed by atoms with van der Waals surface area (Å²) in [6, 6.07) is 0. The van der Waals surface area contributed by atoms with Crippen LogP contribution in [0.1, 0.15) is 57.8 Å². The highest BCUT2D eigenvalue weighted by atomic mass is 16.4. The van der Waals surface area contributed by atoms with Gasteiger partial charge >= 0.3 is 5.97 Å². The van der Waals surface area contributed by atoms with Crippen LogP contribution >= 0.6 is 0 Å². The second-order valence-corrected chi connectivity index (χ2v) is 4.89. The first-order valence-corrected chi connectivity index (χ1v) is 6.67. The molecule has 0 bridgehead atoms. The van der Waals surface area contributed by atoms with Gasteiger partial charge in [0.15, 0.2) is 0 Å². The predicted molar refractivity (Wildman–Crippen MR) is 65.7 cm³/mol. The number of nitrogens with one attached hydrogen (secondary N) is 1. The lowest BCUT2D eigenvalue weighted by Crippen LogP contribution is -2.25. The number of rotatable bonds is 8. The van der Waals surface area contributed by atoms with Gasteiger partial charge in [-0.15, -0.1) is 0 Å². The van der Waals surface area contributed by atoms with Crippen LogP contribution < -0.4 is 5.32 Å². The van der Waals surface area contributed by atoms with E-state index in [4.69, 9.17) is 5.11 Å². The molecule has 0 saturated heterocycles. The van der Waals surface area contributed by atoms with Crippen molar-refractivity contribution in [3.05, 3.63) is 0 Å². The number of hydrogen-bond acceptors (Lipinski definition) is 2. The topological polar surface area (TPSA) is 66.4 Å². The third kappa shape index (κ3) is 6.97. The van der Waals surface area contributed by atoms with Crippen molar-refractivity contribution in [3.8, 4) is 0 Å². The first-order valence-electron chi connectivity index (χ1n) is 6.67. The van der Waals surface area contributed by atoms with E-state index in [0.29, 0.717) is 19.3 Å². The summed E-state index contributed by atoms with van der Waals surface area (Å²) in [6.07, 6.45) is 8.28. The Hall–Kier alpha value is -1.06. The SMILES string of the molecule is O=C(O)CCCCC(=O)NCCC1CCCC1. The molecule has 4 heteroatoms. The van der Waals surface area contributed by atoms with E-state index in [1.165, 1.54) is 25.7 Å². The number of carboxylic acids is 1. The molecule has 17 heavy (non-hydrogen) atoms. The number of aliphatic carboxylic acids is 1. The molecule has 0 atom stereocenters. The summed E-state index contributed by atoms with van der Waals surface area (Å²) >= 11 is 0. The van der Waals surface area contributed by atoms with E-state index < -0.39 is 5.97 Å². The first-order chi connectivity index (χ1) is 8.18. The molecule has 1 amide bonds. The molecule has 1 aliphatic carbocycles. The maximum atomic E-state index is 11.4. The Labute approximate surface area is 103 Å². The summed E-state index contributed by atoms with van der Waals surface area (Å²) in [4.78, 5) is 21.7. The van der Waals surface area contributed by atoms with Gasteiger partial charge in [-0.2, -0.15) is 0 Å². The molecule has 0 spiro atoms. The molecule has 4 nitrogen and oxygen atoms in total. The lowest BCUT2D eigenvalue weighted by Gasteiger charge is -2.09. The summed E-state index contributed by atoms with van der Waals surface area (Å²) in [5, 5.41) is 11.4. The van der Waals surface area contributed by atoms with Gasteiger partial charge in [-0.25, -0.2) is 0 Å². The largest absolute Gasteiger partial charge is 0.481 e. The lowest BCUT2D eigenvalue weighted by atomic mass is 10.0. The average molecular weight is 241 g/mol. The smallest absolute Gasteiger partial charge is 0.303 e.